The molecule has 9 aromatic rings. The summed E-state index contributed by atoms with van der Waals surface area (Å²) < 4.78 is 70.8. The SMILES string of the molecule is Cc1cc(Nc2nc(Cl)nc(Nc3cc(C)c(Nc4nc(Cl)nc(Nc5cc(S(=O)(=O)O)cc6cc(C)c(N=Nc7cc(COO)cc(COO)c7)c(O)c56)n4)cc3C)n2)c2c(O)c(N=Nc3cc(C(=O)O)cc(C(=O)O)c3)c(S(=O)(=O)O)cc2c1. The number of hydrogen-bond donors (Lipinski definition) is 12. The van der Waals surface area contributed by atoms with Crippen molar-refractivity contribution in [3.8, 4) is 11.5 Å². The maximum absolute atomic E-state index is 12.7. The maximum atomic E-state index is 12.7. The molecule has 0 aliphatic heterocycles. The highest BCUT2D eigenvalue weighted by Gasteiger charge is 2.26. The van der Waals surface area contributed by atoms with Crippen LogP contribution in [0.2, 0.25) is 10.6 Å². The van der Waals surface area contributed by atoms with Crippen molar-refractivity contribution < 1.29 is 76.2 Å². The van der Waals surface area contributed by atoms with E-state index in [-0.39, 0.29) is 97.6 Å². The standard InChI is InChI=1S/C52H42Cl2N14O16S2/c1-21-5-27-17-38(86(80,81)82)42(68-66-32-14-29(45(71)72)13-30(15-32)46(73)74)44(70)39(27)36(6-21)57-51-61-47(53)59-49(63-51)55-34-8-23(3)35(9-22(34)2)56-50-60-48(54)62-52(64-50)58-37-18-33(85(77,78)79)16-28-7-24(4)41(43(69)40(28)37)67-65-31-11-25(19-83-75)10-26(12-31)20-84-76/h5-18,69-70,75-76H,19-20H2,1-4H3,(H,71,72)(H,73,74)(H,77,78,79)(H,80,81,82)(H2,55,57,59,61,63)(H2,56,58,60,62,64). The fourth-order valence-electron chi connectivity index (χ4n) is 8.76. The lowest BCUT2D eigenvalue weighted by atomic mass is 10.0. The first-order chi connectivity index (χ1) is 40.6. The normalized spacial score (nSPS) is 11.9. The Bertz CT molecular complexity index is 4550. The van der Waals surface area contributed by atoms with E-state index >= 15 is 0 Å². The number of fused-ring (bicyclic) bond motifs is 2. The van der Waals surface area contributed by atoms with Gasteiger partial charge in [-0.05, 0) is 168 Å². The third-order valence-corrected chi connectivity index (χ3v) is 14.5. The van der Waals surface area contributed by atoms with Gasteiger partial charge in [0.1, 0.15) is 29.5 Å². The lowest BCUT2D eigenvalue weighted by Crippen LogP contribution is -2.07. The van der Waals surface area contributed by atoms with E-state index in [0.717, 1.165) is 36.4 Å². The van der Waals surface area contributed by atoms with Crippen molar-refractivity contribution in [2.75, 3.05) is 21.3 Å². The van der Waals surface area contributed by atoms with Gasteiger partial charge in [0, 0.05) is 22.1 Å². The molecule has 0 bridgehead atoms. The molecule has 0 aliphatic rings. The number of anilines is 8. The molecule has 34 heteroatoms. The number of halogens is 2. The molecule has 7 aromatic carbocycles. The van der Waals surface area contributed by atoms with E-state index < -0.39 is 70.3 Å². The molecule has 0 radical (unpaired) electrons. The van der Waals surface area contributed by atoms with E-state index in [1.165, 1.54) is 30.3 Å². The molecule has 0 unspecified atom stereocenters. The molecule has 0 spiro atoms. The molecule has 2 aromatic heterocycles. The molecule has 0 fully saturated rings. The quantitative estimate of drug-likeness (QED) is 0.0146. The molecule has 0 saturated carbocycles. The van der Waals surface area contributed by atoms with Crippen LogP contribution in [0.15, 0.2) is 115 Å². The second-order valence-electron chi connectivity index (χ2n) is 18.7. The number of azo groups is 2. The van der Waals surface area contributed by atoms with Gasteiger partial charge in [-0.15, -0.1) is 10.2 Å². The number of phenolic OH excluding ortho intramolecular Hbond substituents is 2. The zero-order valence-electron chi connectivity index (χ0n) is 44.4. The van der Waals surface area contributed by atoms with Gasteiger partial charge < -0.3 is 41.7 Å². The minimum atomic E-state index is -5.13. The summed E-state index contributed by atoms with van der Waals surface area (Å²) in [6.45, 7) is 6.21. The summed E-state index contributed by atoms with van der Waals surface area (Å²) >= 11 is 12.8. The van der Waals surface area contributed by atoms with E-state index in [9.17, 15) is 56.0 Å². The minimum absolute atomic E-state index is 0.00391. The van der Waals surface area contributed by atoms with Crippen molar-refractivity contribution in [3.63, 3.8) is 0 Å². The predicted molar refractivity (Wildman–Crippen MR) is 309 cm³/mol. The Kier molecular flexibility index (Phi) is 17.3. The van der Waals surface area contributed by atoms with Crippen molar-refractivity contribution in [1.29, 1.82) is 0 Å². The van der Waals surface area contributed by atoms with Crippen LogP contribution in [0.1, 0.15) is 54.1 Å². The molecule has 9 rings (SSSR count). The van der Waals surface area contributed by atoms with Crippen molar-refractivity contribution in [2.45, 2.75) is 50.7 Å². The number of aromatic carboxylic acids is 2. The van der Waals surface area contributed by atoms with E-state index in [2.05, 4.69) is 81.4 Å². The minimum Gasteiger partial charge on any atom is -0.505 e. The van der Waals surface area contributed by atoms with E-state index in [1.807, 2.05) is 0 Å². The lowest BCUT2D eigenvalue weighted by molar-refractivity contribution is -0.254. The number of carboxylic acids is 2. The van der Waals surface area contributed by atoms with Crippen LogP contribution < -0.4 is 21.3 Å². The molecule has 2 heterocycles. The van der Waals surface area contributed by atoms with Crippen LogP contribution in [0.4, 0.5) is 69.3 Å². The first kappa shape index (κ1) is 60.8. The van der Waals surface area contributed by atoms with Crippen LogP contribution in [-0.2, 0) is 43.2 Å². The Balaban J connectivity index is 0.993. The van der Waals surface area contributed by atoms with Crippen LogP contribution in [0, 0.1) is 27.7 Å². The zero-order valence-corrected chi connectivity index (χ0v) is 47.5. The van der Waals surface area contributed by atoms with Crippen molar-refractivity contribution >= 4 is 146 Å². The molecule has 0 saturated heterocycles. The molecule has 442 valence electrons. The van der Waals surface area contributed by atoms with Gasteiger partial charge >= 0.3 is 11.9 Å². The van der Waals surface area contributed by atoms with Gasteiger partial charge in [0.15, 0.2) is 11.5 Å². The fraction of sp³-hybridized carbons (Fsp3) is 0.115. The van der Waals surface area contributed by atoms with Gasteiger partial charge in [-0.1, -0.05) is 12.1 Å². The number of nitrogens with one attached hydrogen (secondary N) is 4. The van der Waals surface area contributed by atoms with Crippen LogP contribution in [0.25, 0.3) is 21.5 Å². The molecular weight excluding hydrogens is 1210 g/mol. The second kappa shape index (κ2) is 24.5. The predicted octanol–water partition coefficient (Wildman–Crippen LogP) is 12.0. The van der Waals surface area contributed by atoms with Crippen LogP contribution in [0.3, 0.4) is 0 Å². The zero-order chi connectivity index (χ0) is 62.1. The molecule has 12 N–H and O–H groups in total. The van der Waals surface area contributed by atoms with E-state index in [4.69, 9.17) is 33.7 Å². The molecule has 0 amide bonds. The van der Waals surface area contributed by atoms with Gasteiger partial charge in [0.2, 0.25) is 34.4 Å². The highest BCUT2D eigenvalue weighted by Crippen LogP contribution is 2.47. The Morgan fingerprint density at radius 2 is 0.942 bits per heavy atom. The summed E-state index contributed by atoms with van der Waals surface area (Å²) in [5.74, 6) is -4.97. The third-order valence-electron chi connectivity index (χ3n) is 12.4. The summed E-state index contributed by atoms with van der Waals surface area (Å²) in [6, 6.07) is 18.5. The lowest BCUT2D eigenvalue weighted by Gasteiger charge is -2.16. The average Bonchev–Trinajstić information content (AvgIpc) is 0.865. The number of carboxylic acid groups (broad SMARTS) is 2. The number of aryl methyl sites for hydroxylation is 4. The van der Waals surface area contributed by atoms with Gasteiger partial charge in [0.25, 0.3) is 20.2 Å². The van der Waals surface area contributed by atoms with Gasteiger partial charge in [0.05, 0.1) is 38.8 Å². The van der Waals surface area contributed by atoms with Crippen molar-refractivity contribution in [3.05, 3.63) is 140 Å². The van der Waals surface area contributed by atoms with E-state index in [0.29, 0.717) is 44.8 Å². The second-order valence-corrected chi connectivity index (χ2v) is 22.2. The number of aromatic hydroxyl groups is 2. The molecule has 0 atom stereocenters. The highest BCUT2D eigenvalue weighted by atomic mass is 35.5. The van der Waals surface area contributed by atoms with Crippen molar-refractivity contribution in [2.24, 2.45) is 20.5 Å². The molecule has 86 heavy (non-hydrogen) atoms. The average molecular weight is 1250 g/mol. The highest BCUT2D eigenvalue weighted by molar-refractivity contribution is 7.86. The fourth-order valence-corrected chi connectivity index (χ4v) is 10.3. The first-order valence-electron chi connectivity index (χ1n) is 24.3. The van der Waals surface area contributed by atoms with Gasteiger partial charge in [-0.25, -0.2) is 19.4 Å². The first-order valence-corrected chi connectivity index (χ1v) is 28.0. The Labute approximate surface area is 494 Å². The summed E-state index contributed by atoms with van der Waals surface area (Å²) in [4.78, 5) is 56.1. The number of carbonyl (C=O) groups is 2. The van der Waals surface area contributed by atoms with Crippen LogP contribution in [-0.4, -0.2) is 98.7 Å². The molecule has 0 aliphatic carbocycles. The van der Waals surface area contributed by atoms with Gasteiger partial charge in [-0.3, -0.25) is 19.6 Å². The number of aromatic nitrogens is 6. The largest absolute Gasteiger partial charge is 0.505 e. The smallest absolute Gasteiger partial charge is 0.335 e. The number of benzene rings is 7. The van der Waals surface area contributed by atoms with E-state index in [1.54, 1.807) is 45.9 Å². The summed E-state index contributed by atoms with van der Waals surface area (Å²) in [5.41, 5.74) is 1.77. The summed E-state index contributed by atoms with van der Waals surface area (Å²) in [7, 11) is -9.98. The molecular formula is C52H42Cl2N14O16S2. The van der Waals surface area contributed by atoms with Crippen LogP contribution >= 0.6 is 23.2 Å². The molecule has 30 nitrogen and oxygen atoms in total. The Morgan fingerprint density at radius 1 is 0.500 bits per heavy atom. The van der Waals surface area contributed by atoms with Crippen LogP contribution in [0.5, 0.6) is 11.5 Å². The number of phenols is 2. The summed E-state index contributed by atoms with van der Waals surface area (Å²) in [5, 5.41) is 88.2. The number of nitrogens with zero attached hydrogens (tertiary/aromatic N) is 10. The number of rotatable bonds is 20. The number of hydrogen-bond acceptors (Lipinski definition) is 26. The maximum Gasteiger partial charge on any atom is 0.335 e. The Hall–Kier alpha value is -9.74. The Morgan fingerprint density at radius 3 is 1.41 bits per heavy atom. The van der Waals surface area contributed by atoms with Gasteiger partial charge in [-0.2, -0.15) is 57.0 Å². The summed E-state index contributed by atoms with van der Waals surface area (Å²) in [6.07, 6.45) is 0. The van der Waals surface area contributed by atoms with Crippen molar-refractivity contribution in [1.82, 2.24) is 29.9 Å². The topological polar surface area (TPSA) is 458 Å². The third kappa shape index (κ3) is 13.7. The monoisotopic (exact) mass is 1250 g/mol.